The molecular formula is C10H22N2S. The summed E-state index contributed by atoms with van der Waals surface area (Å²) in [5.74, 6) is 1.65. The van der Waals surface area contributed by atoms with Crippen LogP contribution in [0.25, 0.3) is 0 Å². The van der Waals surface area contributed by atoms with Gasteiger partial charge in [0.2, 0.25) is 0 Å². The summed E-state index contributed by atoms with van der Waals surface area (Å²) in [6.45, 7) is 9.14. The number of hydrogen-bond donors (Lipinski definition) is 2. The highest BCUT2D eigenvalue weighted by Crippen LogP contribution is 2.05. The van der Waals surface area contributed by atoms with Gasteiger partial charge in [0.1, 0.15) is 0 Å². The lowest BCUT2D eigenvalue weighted by Gasteiger charge is -2.19. The van der Waals surface area contributed by atoms with E-state index in [4.69, 9.17) is 5.73 Å². The highest BCUT2D eigenvalue weighted by atomic mass is 32.2. The lowest BCUT2D eigenvalue weighted by atomic mass is 10.0. The van der Waals surface area contributed by atoms with E-state index < -0.39 is 0 Å². The summed E-state index contributed by atoms with van der Waals surface area (Å²) in [6.07, 6.45) is 3.29. The van der Waals surface area contributed by atoms with Crippen LogP contribution in [0.2, 0.25) is 0 Å². The number of thioether (sulfide) groups is 1. The number of nitrogens with two attached hydrogens (primary N) is 1. The third kappa shape index (κ3) is 5.99. The van der Waals surface area contributed by atoms with E-state index in [1.165, 1.54) is 12.2 Å². The third-order valence-corrected chi connectivity index (χ3v) is 2.69. The Labute approximate surface area is 86.3 Å². The van der Waals surface area contributed by atoms with Gasteiger partial charge in [-0.2, -0.15) is 11.8 Å². The van der Waals surface area contributed by atoms with Crippen molar-refractivity contribution in [2.75, 3.05) is 18.6 Å². The maximum atomic E-state index is 5.91. The normalized spacial score (nSPS) is 13.0. The first-order valence-electron chi connectivity index (χ1n) is 4.76. The smallest absolute Gasteiger partial charge is 0.0461 e. The van der Waals surface area contributed by atoms with Gasteiger partial charge in [-0.1, -0.05) is 20.4 Å². The van der Waals surface area contributed by atoms with Crippen molar-refractivity contribution in [3.05, 3.63) is 12.3 Å². The minimum atomic E-state index is 0.0780. The Kier molecular flexibility index (Phi) is 7.19. The molecule has 1 atom stereocenters. The average Bonchev–Trinajstić information content (AvgIpc) is 2.10. The van der Waals surface area contributed by atoms with Crippen molar-refractivity contribution in [1.29, 1.82) is 0 Å². The molecule has 0 spiro atoms. The molecule has 0 aromatic carbocycles. The van der Waals surface area contributed by atoms with Crippen LogP contribution in [-0.2, 0) is 0 Å². The molecule has 1 unspecified atom stereocenters. The first-order chi connectivity index (χ1) is 6.09. The van der Waals surface area contributed by atoms with Crippen LogP contribution in [0.1, 0.15) is 20.3 Å². The van der Waals surface area contributed by atoms with Crippen LogP contribution in [0.5, 0.6) is 0 Å². The van der Waals surface area contributed by atoms with Crippen molar-refractivity contribution >= 4 is 11.8 Å². The summed E-state index contributed by atoms with van der Waals surface area (Å²) in [7, 11) is 0. The van der Waals surface area contributed by atoms with E-state index in [0.29, 0.717) is 5.92 Å². The summed E-state index contributed by atoms with van der Waals surface area (Å²) in [5, 5.41) is 3.27. The Balaban J connectivity index is 3.50. The fraction of sp³-hybridized carbons (Fsp3) is 0.800. The van der Waals surface area contributed by atoms with Gasteiger partial charge in [0.05, 0.1) is 0 Å². The third-order valence-electron chi connectivity index (χ3n) is 2.00. The van der Waals surface area contributed by atoms with Crippen LogP contribution in [-0.4, -0.2) is 24.6 Å². The van der Waals surface area contributed by atoms with Crippen molar-refractivity contribution in [2.45, 2.75) is 26.3 Å². The second kappa shape index (κ2) is 7.27. The molecule has 0 amide bonds. The van der Waals surface area contributed by atoms with Gasteiger partial charge in [-0.25, -0.2) is 0 Å². The molecule has 0 rings (SSSR count). The Morgan fingerprint density at radius 1 is 1.54 bits per heavy atom. The molecule has 2 nitrogen and oxygen atoms in total. The van der Waals surface area contributed by atoms with Crippen molar-refractivity contribution in [1.82, 2.24) is 5.32 Å². The molecule has 13 heavy (non-hydrogen) atoms. The molecule has 3 heteroatoms. The van der Waals surface area contributed by atoms with Crippen LogP contribution >= 0.6 is 11.8 Å². The van der Waals surface area contributed by atoms with Crippen LogP contribution in [0, 0.1) is 5.92 Å². The topological polar surface area (TPSA) is 38.0 Å². The second-order valence-corrected chi connectivity index (χ2v) is 4.55. The van der Waals surface area contributed by atoms with Gasteiger partial charge in [0.15, 0.2) is 0 Å². The summed E-state index contributed by atoms with van der Waals surface area (Å²) in [5.41, 5.74) is 6.88. The summed E-state index contributed by atoms with van der Waals surface area (Å²) >= 11 is 1.87. The van der Waals surface area contributed by atoms with Gasteiger partial charge in [-0.05, 0) is 24.3 Å². The van der Waals surface area contributed by atoms with Gasteiger partial charge in [-0.3, -0.25) is 0 Å². The molecule has 0 saturated carbocycles. The lowest BCUT2D eigenvalue weighted by Crippen LogP contribution is -2.35. The molecule has 0 heterocycles. The van der Waals surface area contributed by atoms with Crippen LogP contribution < -0.4 is 11.1 Å². The predicted molar refractivity (Wildman–Crippen MR) is 63.0 cm³/mol. The van der Waals surface area contributed by atoms with E-state index in [2.05, 4.69) is 32.0 Å². The monoisotopic (exact) mass is 202 g/mol. The van der Waals surface area contributed by atoms with Crippen molar-refractivity contribution in [3.63, 3.8) is 0 Å². The van der Waals surface area contributed by atoms with E-state index in [9.17, 15) is 0 Å². The van der Waals surface area contributed by atoms with E-state index in [0.717, 1.165) is 12.2 Å². The molecule has 78 valence electrons. The highest BCUT2D eigenvalue weighted by molar-refractivity contribution is 7.98. The zero-order valence-electron chi connectivity index (χ0n) is 8.97. The number of hydrogen-bond acceptors (Lipinski definition) is 3. The molecule has 0 fully saturated rings. The summed E-state index contributed by atoms with van der Waals surface area (Å²) < 4.78 is 0. The Bertz CT molecular complexity index is 146. The van der Waals surface area contributed by atoms with E-state index >= 15 is 0 Å². The van der Waals surface area contributed by atoms with E-state index in [1.54, 1.807) is 0 Å². The predicted octanol–water partition coefficient (Wildman–Crippen LogP) is 1.83. The largest absolute Gasteiger partial charge is 0.388 e. The Morgan fingerprint density at radius 3 is 2.62 bits per heavy atom. The molecule has 0 aliphatic carbocycles. The van der Waals surface area contributed by atoms with Crippen LogP contribution in [0.4, 0.5) is 0 Å². The first-order valence-corrected chi connectivity index (χ1v) is 6.16. The van der Waals surface area contributed by atoms with Crippen LogP contribution in [0.15, 0.2) is 12.3 Å². The number of nitrogens with one attached hydrogen (secondary N) is 1. The lowest BCUT2D eigenvalue weighted by molar-refractivity contribution is 0.518. The van der Waals surface area contributed by atoms with Gasteiger partial charge in [0.25, 0.3) is 0 Å². The van der Waals surface area contributed by atoms with E-state index in [-0.39, 0.29) is 6.04 Å². The Hall–Kier alpha value is -0.150. The van der Waals surface area contributed by atoms with Gasteiger partial charge in [0, 0.05) is 18.3 Å². The second-order valence-electron chi connectivity index (χ2n) is 3.57. The molecule has 0 aromatic rings. The average molecular weight is 202 g/mol. The SMILES string of the molecule is C=C(NCCCSC)C(N)C(C)C. The van der Waals surface area contributed by atoms with Crippen LogP contribution in [0.3, 0.4) is 0 Å². The summed E-state index contributed by atoms with van der Waals surface area (Å²) in [4.78, 5) is 0. The fourth-order valence-corrected chi connectivity index (χ4v) is 1.42. The van der Waals surface area contributed by atoms with Gasteiger partial charge >= 0.3 is 0 Å². The highest BCUT2D eigenvalue weighted by Gasteiger charge is 2.10. The molecular weight excluding hydrogens is 180 g/mol. The van der Waals surface area contributed by atoms with Crippen molar-refractivity contribution in [2.24, 2.45) is 11.7 Å². The molecule has 0 aliphatic rings. The van der Waals surface area contributed by atoms with Crippen molar-refractivity contribution in [3.8, 4) is 0 Å². The van der Waals surface area contributed by atoms with Gasteiger partial charge < -0.3 is 11.1 Å². The molecule has 0 aromatic heterocycles. The molecule has 3 N–H and O–H groups in total. The van der Waals surface area contributed by atoms with Crippen molar-refractivity contribution < 1.29 is 0 Å². The maximum absolute atomic E-state index is 5.91. The minimum absolute atomic E-state index is 0.0780. The van der Waals surface area contributed by atoms with E-state index in [1.807, 2.05) is 11.8 Å². The minimum Gasteiger partial charge on any atom is -0.388 e. The zero-order valence-corrected chi connectivity index (χ0v) is 9.79. The molecule has 0 radical (unpaired) electrons. The molecule has 0 bridgehead atoms. The standard InChI is InChI=1S/C10H22N2S/c1-8(2)10(11)9(3)12-6-5-7-13-4/h8,10,12H,3,5-7,11H2,1-2,4H3. The quantitative estimate of drug-likeness (QED) is 0.619. The fourth-order valence-electron chi connectivity index (χ4n) is 0.986. The first kappa shape index (κ1) is 12.8. The maximum Gasteiger partial charge on any atom is 0.0461 e. The Morgan fingerprint density at radius 2 is 2.15 bits per heavy atom. The zero-order chi connectivity index (χ0) is 10.3. The van der Waals surface area contributed by atoms with Gasteiger partial charge in [-0.15, -0.1) is 0 Å². The number of rotatable bonds is 7. The molecule has 0 aliphatic heterocycles. The summed E-state index contributed by atoms with van der Waals surface area (Å²) in [6, 6.07) is 0.0780. The molecule has 0 saturated heterocycles.